The molecular formula is C9H17N. The molecule has 0 aliphatic carbocycles. The summed E-state index contributed by atoms with van der Waals surface area (Å²) in [6.45, 7) is 5.65. The van der Waals surface area contributed by atoms with E-state index in [1.54, 1.807) is 5.57 Å². The maximum Gasteiger partial charge on any atom is 0.0291 e. The van der Waals surface area contributed by atoms with Crippen LogP contribution in [0.4, 0.5) is 0 Å². The van der Waals surface area contributed by atoms with E-state index in [1.165, 1.54) is 25.8 Å². The fourth-order valence-corrected chi connectivity index (χ4v) is 1.40. The van der Waals surface area contributed by atoms with Crippen molar-refractivity contribution in [3.05, 3.63) is 11.6 Å². The number of allylic oxidation sites excluding steroid dienone is 1. The van der Waals surface area contributed by atoms with E-state index >= 15 is 0 Å². The smallest absolute Gasteiger partial charge is 0.0291 e. The average Bonchev–Trinajstić information content (AvgIpc) is 1.83. The van der Waals surface area contributed by atoms with E-state index in [0.29, 0.717) is 0 Å². The second-order valence-corrected chi connectivity index (χ2v) is 2.84. The van der Waals surface area contributed by atoms with Crippen LogP contribution < -0.4 is 5.32 Å². The van der Waals surface area contributed by atoms with Crippen LogP contribution in [0, 0.1) is 0 Å². The van der Waals surface area contributed by atoms with E-state index in [-0.39, 0.29) is 0 Å². The van der Waals surface area contributed by atoms with Crippen LogP contribution in [-0.4, -0.2) is 12.6 Å². The minimum Gasteiger partial charge on any atom is -0.310 e. The first-order valence-electron chi connectivity index (χ1n) is 4.30. The van der Waals surface area contributed by atoms with Crippen molar-refractivity contribution in [2.24, 2.45) is 0 Å². The van der Waals surface area contributed by atoms with Gasteiger partial charge in [-0.25, -0.2) is 0 Å². The highest BCUT2D eigenvalue weighted by Crippen LogP contribution is 2.16. The van der Waals surface area contributed by atoms with Crippen molar-refractivity contribution in [3.63, 3.8) is 0 Å². The lowest BCUT2D eigenvalue weighted by molar-refractivity contribution is 0.410. The van der Waals surface area contributed by atoms with Gasteiger partial charge in [0.15, 0.2) is 0 Å². The zero-order valence-electron chi connectivity index (χ0n) is 6.98. The van der Waals surface area contributed by atoms with Crippen LogP contribution in [-0.2, 0) is 0 Å². The molecule has 0 aromatic heterocycles. The Labute approximate surface area is 63.5 Å². The summed E-state index contributed by atoms with van der Waals surface area (Å²) in [5, 5.41) is 3.41. The first-order chi connectivity index (χ1) is 4.88. The Balaban J connectivity index is 2.38. The summed E-state index contributed by atoms with van der Waals surface area (Å²) in [5.74, 6) is 0. The summed E-state index contributed by atoms with van der Waals surface area (Å²) < 4.78 is 0. The van der Waals surface area contributed by atoms with Gasteiger partial charge in [-0.1, -0.05) is 25.5 Å². The molecule has 1 heterocycles. The van der Waals surface area contributed by atoms with Crippen LogP contribution in [0.5, 0.6) is 0 Å². The summed E-state index contributed by atoms with van der Waals surface area (Å²) in [4.78, 5) is 0. The molecule has 0 radical (unpaired) electrons. The van der Waals surface area contributed by atoms with Crippen LogP contribution >= 0.6 is 0 Å². The maximum absolute atomic E-state index is 3.41. The van der Waals surface area contributed by atoms with Gasteiger partial charge in [0.2, 0.25) is 0 Å². The van der Waals surface area contributed by atoms with Gasteiger partial charge in [-0.2, -0.15) is 0 Å². The number of nitrogens with one attached hydrogen (secondary N) is 1. The zero-order chi connectivity index (χ0) is 7.40. The van der Waals surface area contributed by atoms with Crippen molar-refractivity contribution in [1.29, 1.82) is 0 Å². The van der Waals surface area contributed by atoms with Gasteiger partial charge in [-0.3, -0.25) is 0 Å². The van der Waals surface area contributed by atoms with E-state index in [1.807, 2.05) is 0 Å². The first kappa shape index (κ1) is 7.80. The Morgan fingerprint density at radius 1 is 1.60 bits per heavy atom. The van der Waals surface area contributed by atoms with Gasteiger partial charge >= 0.3 is 0 Å². The molecular weight excluding hydrogens is 122 g/mol. The lowest BCUT2D eigenvalue weighted by Crippen LogP contribution is -2.43. The average molecular weight is 139 g/mol. The second kappa shape index (κ2) is 3.77. The predicted octanol–water partition coefficient (Wildman–Crippen LogP) is 2.09. The minimum atomic E-state index is 0.727. The van der Waals surface area contributed by atoms with E-state index < -0.39 is 0 Å². The molecule has 0 aromatic rings. The molecule has 58 valence electrons. The van der Waals surface area contributed by atoms with Gasteiger partial charge in [0, 0.05) is 6.04 Å². The van der Waals surface area contributed by atoms with E-state index in [2.05, 4.69) is 25.2 Å². The molecule has 1 fully saturated rings. The van der Waals surface area contributed by atoms with Crippen LogP contribution in [0.1, 0.15) is 33.1 Å². The summed E-state index contributed by atoms with van der Waals surface area (Å²) in [6, 6.07) is 0.727. The SMILES string of the molecule is CC/C=C(\CC)C1CCN1. The molecule has 0 spiro atoms. The number of rotatable bonds is 3. The van der Waals surface area contributed by atoms with Crippen molar-refractivity contribution in [2.75, 3.05) is 6.54 Å². The topological polar surface area (TPSA) is 12.0 Å². The third kappa shape index (κ3) is 1.60. The summed E-state index contributed by atoms with van der Waals surface area (Å²) in [7, 11) is 0. The van der Waals surface area contributed by atoms with Gasteiger partial charge in [0.25, 0.3) is 0 Å². The monoisotopic (exact) mass is 139 g/mol. The number of hydrogen-bond donors (Lipinski definition) is 1. The van der Waals surface area contributed by atoms with Gasteiger partial charge in [0.05, 0.1) is 0 Å². The van der Waals surface area contributed by atoms with Gasteiger partial charge in [0.1, 0.15) is 0 Å². The maximum atomic E-state index is 3.41. The molecule has 0 aromatic carbocycles. The van der Waals surface area contributed by atoms with Gasteiger partial charge in [-0.15, -0.1) is 0 Å². The Morgan fingerprint density at radius 2 is 2.30 bits per heavy atom. The predicted molar refractivity (Wildman–Crippen MR) is 45.1 cm³/mol. The quantitative estimate of drug-likeness (QED) is 0.590. The first-order valence-corrected chi connectivity index (χ1v) is 4.30. The highest BCUT2D eigenvalue weighted by molar-refractivity contribution is 5.13. The zero-order valence-corrected chi connectivity index (χ0v) is 6.98. The minimum absolute atomic E-state index is 0.727. The molecule has 1 aliphatic heterocycles. The summed E-state index contributed by atoms with van der Waals surface area (Å²) in [5.41, 5.74) is 1.61. The van der Waals surface area contributed by atoms with Crippen molar-refractivity contribution in [1.82, 2.24) is 5.32 Å². The standard InChI is InChI=1S/C9H17N/c1-3-5-8(4-2)9-6-7-10-9/h5,9-10H,3-4,6-7H2,1-2H3/b8-5+. The summed E-state index contributed by atoms with van der Waals surface area (Å²) in [6.07, 6.45) is 6.10. The largest absolute Gasteiger partial charge is 0.310 e. The van der Waals surface area contributed by atoms with Crippen LogP contribution in [0.25, 0.3) is 0 Å². The molecule has 1 nitrogen and oxygen atoms in total. The van der Waals surface area contributed by atoms with Crippen molar-refractivity contribution in [3.8, 4) is 0 Å². The van der Waals surface area contributed by atoms with E-state index in [0.717, 1.165) is 6.04 Å². The van der Waals surface area contributed by atoms with Gasteiger partial charge < -0.3 is 5.32 Å². The molecule has 1 aliphatic rings. The highest BCUT2D eigenvalue weighted by atomic mass is 15.0. The normalized spacial score (nSPS) is 26.2. The molecule has 0 saturated carbocycles. The van der Waals surface area contributed by atoms with Crippen LogP contribution in [0.3, 0.4) is 0 Å². The number of hydrogen-bond acceptors (Lipinski definition) is 1. The van der Waals surface area contributed by atoms with E-state index in [4.69, 9.17) is 0 Å². The molecule has 1 unspecified atom stereocenters. The van der Waals surface area contributed by atoms with Crippen molar-refractivity contribution >= 4 is 0 Å². The molecule has 1 atom stereocenters. The third-order valence-electron chi connectivity index (χ3n) is 2.15. The fraction of sp³-hybridized carbons (Fsp3) is 0.778. The molecule has 1 heteroatoms. The Kier molecular flexibility index (Phi) is 2.94. The fourth-order valence-electron chi connectivity index (χ4n) is 1.40. The second-order valence-electron chi connectivity index (χ2n) is 2.84. The molecule has 1 N–H and O–H groups in total. The van der Waals surface area contributed by atoms with Crippen LogP contribution in [0.15, 0.2) is 11.6 Å². The van der Waals surface area contributed by atoms with Crippen molar-refractivity contribution < 1.29 is 0 Å². The Hall–Kier alpha value is -0.300. The third-order valence-corrected chi connectivity index (χ3v) is 2.15. The van der Waals surface area contributed by atoms with Crippen molar-refractivity contribution in [2.45, 2.75) is 39.2 Å². The summed E-state index contributed by atoms with van der Waals surface area (Å²) >= 11 is 0. The Bertz CT molecular complexity index is 123. The van der Waals surface area contributed by atoms with E-state index in [9.17, 15) is 0 Å². The molecule has 0 amide bonds. The molecule has 1 rings (SSSR count). The Morgan fingerprint density at radius 3 is 2.60 bits per heavy atom. The molecule has 10 heavy (non-hydrogen) atoms. The lowest BCUT2D eigenvalue weighted by Gasteiger charge is -2.29. The molecule has 1 saturated heterocycles. The highest BCUT2D eigenvalue weighted by Gasteiger charge is 2.18. The van der Waals surface area contributed by atoms with Gasteiger partial charge in [-0.05, 0) is 25.8 Å². The van der Waals surface area contributed by atoms with Crippen LogP contribution in [0.2, 0.25) is 0 Å². The molecule has 0 bridgehead atoms. The lowest BCUT2D eigenvalue weighted by atomic mass is 9.95.